The molecule has 1 N–H and O–H groups in total. The van der Waals surface area contributed by atoms with Gasteiger partial charge < -0.3 is 9.84 Å². The van der Waals surface area contributed by atoms with Gasteiger partial charge in [-0.05, 0) is 28.5 Å². The van der Waals surface area contributed by atoms with E-state index in [1.165, 1.54) is 6.08 Å². The van der Waals surface area contributed by atoms with Crippen molar-refractivity contribution in [2.24, 2.45) is 9.89 Å². The first-order valence-corrected chi connectivity index (χ1v) is 16.7. The van der Waals surface area contributed by atoms with Crippen molar-refractivity contribution in [2.45, 2.75) is 45.2 Å². The van der Waals surface area contributed by atoms with E-state index in [0.717, 1.165) is 0 Å². The standard InChI is InChI=1S/C10H11N3O.C10H9O.C8H6O3.C3H9N3Si/c11-13-12-8-4-7-10(14)9-5-2-1-3-6-9;1-2-6-10(11)9-7-4-3-5-8-9;9-7-5-3-1-2-4-6(5)8(10)11-7;1-7(2,3)6-5-4/h1-3,5-6H,4,7-8H2;1-5,7-8H,6H2;1-4,7,9H;1-3H3/q;+1;;. The van der Waals surface area contributed by atoms with Gasteiger partial charge in [0.05, 0.1) is 12.0 Å². The lowest BCUT2D eigenvalue weighted by Gasteiger charge is -2.01. The summed E-state index contributed by atoms with van der Waals surface area (Å²) in [5.74, 6) is -0.292. The molecule has 0 saturated carbocycles. The van der Waals surface area contributed by atoms with Crippen LogP contribution in [-0.2, 0) is 4.74 Å². The largest absolute Gasteiger partial charge is 0.428 e. The van der Waals surface area contributed by atoms with Crippen molar-refractivity contribution in [1.82, 2.24) is 0 Å². The number of carbonyl (C=O) groups excluding carboxylic acids is 3. The number of ketones is 2. The van der Waals surface area contributed by atoms with Gasteiger partial charge in [0, 0.05) is 34.6 Å². The molecular formula is C31H35N6O5Si+. The molecule has 3 aromatic carbocycles. The lowest BCUT2D eigenvalue weighted by Crippen LogP contribution is -2.13. The van der Waals surface area contributed by atoms with E-state index in [9.17, 15) is 14.4 Å². The normalized spacial score (nSPS) is 12.3. The van der Waals surface area contributed by atoms with Crippen LogP contribution >= 0.6 is 0 Å². The van der Waals surface area contributed by atoms with E-state index >= 15 is 0 Å². The first-order chi connectivity index (χ1) is 20.5. The molecule has 0 amide bonds. The van der Waals surface area contributed by atoms with Crippen LogP contribution in [0.1, 0.15) is 62.2 Å². The molecule has 43 heavy (non-hydrogen) atoms. The van der Waals surface area contributed by atoms with Crippen LogP contribution in [0.2, 0.25) is 19.6 Å². The van der Waals surface area contributed by atoms with Crippen molar-refractivity contribution < 1.29 is 24.2 Å². The Morgan fingerprint density at radius 2 is 1.44 bits per heavy atom. The number of aliphatic hydroxyl groups excluding tert-OH is 1. The van der Waals surface area contributed by atoms with Crippen molar-refractivity contribution in [3.8, 4) is 0 Å². The van der Waals surface area contributed by atoms with E-state index in [1.54, 1.807) is 48.5 Å². The number of hydrogen-bond donors (Lipinski definition) is 1. The van der Waals surface area contributed by atoms with Gasteiger partial charge in [-0.1, -0.05) is 104 Å². The highest BCUT2D eigenvalue weighted by molar-refractivity contribution is 6.74. The fraction of sp³-hybridized carbons (Fsp3) is 0.258. The monoisotopic (exact) mass is 599 g/mol. The summed E-state index contributed by atoms with van der Waals surface area (Å²) in [5.41, 5.74) is 18.4. The van der Waals surface area contributed by atoms with Crippen LogP contribution in [-0.4, -0.2) is 37.4 Å². The highest BCUT2D eigenvalue weighted by Gasteiger charge is 2.28. The minimum absolute atomic E-state index is 0.0631. The molecule has 3 aromatic rings. The predicted octanol–water partition coefficient (Wildman–Crippen LogP) is 8.19. The van der Waals surface area contributed by atoms with Crippen LogP contribution in [0.25, 0.3) is 20.9 Å². The van der Waals surface area contributed by atoms with E-state index in [-0.39, 0.29) is 11.6 Å². The number of azide groups is 2. The second-order valence-corrected chi connectivity index (χ2v) is 14.3. The smallest absolute Gasteiger partial charge is 0.341 e. The number of cyclic esters (lactones) is 1. The van der Waals surface area contributed by atoms with Gasteiger partial charge in [-0.15, -0.1) is 4.78 Å². The predicted molar refractivity (Wildman–Crippen MR) is 168 cm³/mol. The minimum Gasteiger partial charge on any atom is -0.428 e. The summed E-state index contributed by atoms with van der Waals surface area (Å²) in [6.45, 7) is 11.5. The number of rotatable bonds is 9. The summed E-state index contributed by atoms with van der Waals surface area (Å²) in [4.78, 5) is 38.8. The number of ether oxygens (including phenoxy) is 1. The Hall–Kier alpha value is -5.08. The molecule has 1 heterocycles. The maximum absolute atomic E-state index is 11.5. The third kappa shape index (κ3) is 14.9. The summed E-state index contributed by atoms with van der Waals surface area (Å²) >= 11 is 0. The Labute approximate surface area is 252 Å². The molecule has 11 nitrogen and oxygen atoms in total. The van der Waals surface area contributed by atoms with Gasteiger partial charge in [-0.3, -0.25) is 9.59 Å². The van der Waals surface area contributed by atoms with Crippen molar-refractivity contribution >= 4 is 25.8 Å². The van der Waals surface area contributed by atoms with Crippen LogP contribution < -0.4 is 0 Å². The number of hydrogen-bond acceptors (Lipinski definition) is 7. The van der Waals surface area contributed by atoms with Crippen molar-refractivity contribution in [3.63, 3.8) is 0 Å². The Kier molecular flexibility index (Phi) is 16.6. The number of allylic oxidation sites excluding steroid dienone is 1. The van der Waals surface area contributed by atoms with Crippen molar-refractivity contribution in [3.05, 3.63) is 141 Å². The number of benzene rings is 3. The molecular weight excluding hydrogens is 564 g/mol. The van der Waals surface area contributed by atoms with E-state index in [1.807, 2.05) is 56.0 Å². The highest BCUT2D eigenvalue weighted by atomic mass is 28.3. The molecule has 0 aliphatic carbocycles. The van der Waals surface area contributed by atoms with Crippen molar-refractivity contribution in [1.29, 1.82) is 0 Å². The third-order valence-electron chi connectivity index (χ3n) is 5.23. The molecule has 0 saturated heterocycles. The Balaban J connectivity index is 0.000000294. The van der Waals surface area contributed by atoms with Gasteiger partial charge in [0.25, 0.3) is 0 Å². The molecule has 1 unspecified atom stereocenters. The summed E-state index contributed by atoms with van der Waals surface area (Å²) < 4.78 is 8.12. The van der Waals surface area contributed by atoms with Crippen LogP contribution in [0.5, 0.6) is 0 Å². The number of esters is 1. The van der Waals surface area contributed by atoms with Gasteiger partial charge in [0.15, 0.2) is 17.6 Å². The molecule has 1 aliphatic rings. The fourth-order valence-electron chi connectivity index (χ4n) is 3.23. The molecule has 0 bridgehead atoms. The number of nitrogens with zero attached hydrogens (tertiary/aromatic N) is 6. The molecule has 222 valence electrons. The van der Waals surface area contributed by atoms with E-state index < -0.39 is 20.5 Å². The molecule has 0 aromatic heterocycles. The van der Waals surface area contributed by atoms with Crippen LogP contribution in [0.3, 0.4) is 0 Å². The molecule has 0 radical (unpaired) electrons. The van der Waals surface area contributed by atoms with Gasteiger partial charge in [0.1, 0.15) is 8.24 Å². The zero-order valence-corrected chi connectivity index (χ0v) is 25.4. The van der Waals surface area contributed by atoms with Crippen LogP contribution in [0.15, 0.2) is 101 Å². The van der Waals surface area contributed by atoms with Crippen LogP contribution in [0.4, 0.5) is 0 Å². The summed E-state index contributed by atoms with van der Waals surface area (Å²) in [6, 6.07) is 25.0. The minimum atomic E-state index is -1.45. The summed E-state index contributed by atoms with van der Waals surface area (Å²) in [5, 5.41) is 12.5. The third-order valence-corrected chi connectivity index (χ3v) is 5.92. The molecule has 0 fully saturated rings. The second-order valence-electron chi connectivity index (χ2n) is 9.78. The Morgan fingerprint density at radius 1 is 0.907 bits per heavy atom. The zero-order chi connectivity index (χ0) is 32.1. The summed E-state index contributed by atoms with van der Waals surface area (Å²) in [7, 11) is -1.45. The van der Waals surface area contributed by atoms with E-state index in [2.05, 4.69) is 24.5 Å². The van der Waals surface area contributed by atoms with Gasteiger partial charge in [0.2, 0.25) is 12.9 Å². The number of carbonyl (C=O) groups is 3. The van der Waals surface area contributed by atoms with E-state index in [0.29, 0.717) is 48.1 Å². The van der Waals surface area contributed by atoms with Crippen LogP contribution in [0, 0.1) is 6.58 Å². The number of aliphatic hydroxyl groups is 1. The average molecular weight is 600 g/mol. The molecule has 1 atom stereocenters. The highest BCUT2D eigenvalue weighted by Crippen LogP contribution is 2.27. The quantitative estimate of drug-likeness (QED) is 0.0380. The average Bonchev–Trinajstić information content (AvgIpc) is 3.29. The zero-order valence-electron chi connectivity index (χ0n) is 24.4. The molecule has 1 aliphatic heterocycles. The lowest BCUT2D eigenvalue weighted by atomic mass is 10.1. The van der Waals surface area contributed by atoms with Gasteiger partial charge in [-0.2, -0.15) is 0 Å². The number of fused-ring (bicyclic) bond motifs is 1. The topological polar surface area (TPSA) is 178 Å². The second kappa shape index (κ2) is 19.9. The van der Waals surface area contributed by atoms with E-state index in [4.69, 9.17) is 22.7 Å². The number of Topliss-reactive ketones (excluding diaryl/α,β-unsaturated/α-hetero) is 2. The summed E-state index contributed by atoms with van der Waals surface area (Å²) in [6.07, 6.45) is 1.65. The first-order valence-electron chi connectivity index (χ1n) is 13.3. The maximum Gasteiger partial charge on any atom is 0.341 e. The Bertz CT molecular complexity index is 1430. The Morgan fingerprint density at radius 3 is 1.91 bits per heavy atom. The fourth-order valence-corrected chi connectivity index (χ4v) is 3.50. The van der Waals surface area contributed by atoms with Crippen molar-refractivity contribution in [2.75, 3.05) is 6.54 Å². The molecule has 0 spiro atoms. The van der Waals surface area contributed by atoms with Gasteiger partial charge >= 0.3 is 5.97 Å². The molecule has 12 heteroatoms. The molecule has 4 rings (SSSR count). The first kappa shape index (κ1) is 35.9. The van der Waals surface area contributed by atoms with Gasteiger partial charge in [-0.25, -0.2) is 4.79 Å². The SMILES string of the molecule is C[Si](C)(C)N=[N+]=[N-].O=C1OC(O)c2ccccc21.[CH+]=CCC(=O)c1ccccc1.[N-]=[N+]=NCCCC(=O)c1ccccc1. The maximum atomic E-state index is 11.5. The lowest BCUT2D eigenvalue weighted by molar-refractivity contribution is -0.0547.